The number of thioether (sulfide) groups is 2. The Hall–Kier alpha value is -6.97. The minimum Gasteiger partial charge on any atom is -0.377 e. The number of hydrogen-bond acceptors (Lipinski definition) is 14. The third-order valence-electron chi connectivity index (χ3n) is 13.7. The summed E-state index contributed by atoms with van der Waals surface area (Å²) in [4.78, 5) is 80.8. The van der Waals surface area contributed by atoms with Crippen LogP contribution in [0.3, 0.4) is 0 Å². The summed E-state index contributed by atoms with van der Waals surface area (Å²) in [5.41, 5.74) is 2.42. The quantitative estimate of drug-likeness (QED) is 0.0198. The number of aromatic nitrogens is 4. The summed E-state index contributed by atoms with van der Waals surface area (Å²) in [5.74, 6) is -0.649. The average Bonchev–Trinajstić information content (AvgIpc) is 4.12. The third kappa shape index (κ3) is 14.5. The van der Waals surface area contributed by atoms with E-state index in [1.165, 1.54) is 23.5 Å². The lowest BCUT2D eigenvalue weighted by atomic mass is 10.1. The molecule has 0 spiro atoms. The Morgan fingerprint density at radius 1 is 0.537 bits per heavy atom. The van der Waals surface area contributed by atoms with Gasteiger partial charge in [-0.1, -0.05) is 133 Å². The fourth-order valence-corrected chi connectivity index (χ4v) is 12.1. The predicted octanol–water partition coefficient (Wildman–Crippen LogP) is 8.13. The number of amides is 3. The van der Waals surface area contributed by atoms with Crippen LogP contribution >= 0.6 is 23.5 Å². The standard InChI is InChI=1S/C61H67N7O10S2/c1-3-66-57(71)48-38-44-20-11-13-22-46(44)40-50(48)64-60(66)79-53(42-16-7-5-8-17-42)56(70)63-26-29-75-31-33-77-35-37-78-36-34-76-32-30-74-28-25-62-55(69)52-24-15-27-68(52)59(73)54(43-18-9-6-10-19-43)80-61-65-51-41-47-23-14-12-21-45(47)39-49(51)58(72)67(61)4-2/h5-14,16-23,38-41,52-54H,3-4,15,24-37H2,1-2H3,(H,62,69)(H,63,70)/t52-,53-,54-/m1/s1. The minimum absolute atomic E-state index is 0.140. The highest BCUT2D eigenvalue weighted by Crippen LogP contribution is 2.39. The van der Waals surface area contributed by atoms with Crippen molar-refractivity contribution in [2.24, 2.45) is 0 Å². The molecule has 1 aliphatic heterocycles. The number of nitrogens with zero attached hydrogens (tertiary/aromatic N) is 5. The molecule has 1 saturated heterocycles. The first-order valence-electron chi connectivity index (χ1n) is 27.3. The second kappa shape index (κ2) is 29.0. The molecule has 0 saturated carbocycles. The van der Waals surface area contributed by atoms with Crippen LogP contribution in [0.2, 0.25) is 0 Å². The zero-order chi connectivity index (χ0) is 55.6. The van der Waals surface area contributed by atoms with Gasteiger partial charge < -0.3 is 39.2 Å². The van der Waals surface area contributed by atoms with Crippen molar-refractivity contribution >= 4 is 84.6 Å². The maximum Gasteiger partial charge on any atom is 0.262 e. The highest BCUT2D eigenvalue weighted by molar-refractivity contribution is 8.00. The molecule has 80 heavy (non-hydrogen) atoms. The molecule has 1 aliphatic rings. The lowest BCUT2D eigenvalue weighted by molar-refractivity contribution is -0.138. The number of carbonyl (C=O) groups excluding carboxylic acids is 3. The van der Waals surface area contributed by atoms with E-state index in [1.807, 2.05) is 147 Å². The van der Waals surface area contributed by atoms with Crippen molar-refractivity contribution in [3.63, 3.8) is 0 Å². The lowest BCUT2D eigenvalue weighted by Crippen LogP contribution is -2.47. The molecule has 2 aromatic heterocycles. The van der Waals surface area contributed by atoms with E-state index in [1.54, 1.807) is 14.0 Å². The molecular weight excluding hydrogens is 1050 g/mol. The van der Waals surface area contributed by atoms with Gasteiger partial charge >= 0.3 is 0 Å². The predicted molar refractivity (Wildman–Crippen MR) is 313 cm³/mol. The van der Waals surface area contributed by atoms with Crippen LogP contribution in [0.5, 0.6) is 0 Å². The normalized spacial score (nSPS) is 14.3. The molecule has 418 valence electrons. The molecule has 1 fully saturated rings. The molecular formula is C61H67N7O10S2. The van der Waals surface area contributed by atoms with Gasteiger partial charge in [-0.3, -0.25) is 33.1 Å². The number of benzene rings is 6. The van der Waals surface area contributed by atoms with E-state index in [9.17, 15) is 24.0 Å². The van der Waals surface area contributed by atoms with Gasteiger partial charge in [0, 0.05) is 32.7 Å². The van der Waals surface area contributed by atoms with Gasteiger partial charge in [-0.15, -0.1) is 0 Å². The van der Waals surface area contributed by atoms with Crippen LogP contribution in [0.4, 0.5) is 0 Å². The summed E-state index contributed by atoms with van der Waals surface area (Å²) >= 11 is 2.50. The zero-order valence-corrected chi connectivity index (χ0v) is 46.7. The second-order valence-corrected chi connectivity index (χ2v) is 21.1. The fourth-order valence-electron chi connectivity index (χ4n) is 9.65. The Kier molecular flexibility index (Phi) is 20.9. The second-order valence-electron chi connectivity index (χ2n) is 19.0. The zero-order valence-electron chi connectivity index (χ0n) is 45.1. The summed E-state index contributed by atoms with van der Waals surface area (Å²) in [7, 11) is 0. The first kappa shape index (κ1) is 57.7. The van der Waals surface area contributed by atoms with E-state index in [-0.39, 0.29) is 42.0 Å². The van der Waals surface area contributed by atoms with Crippen molar-refractivity contribution in [2.75, 3.05) is 85.7 Å². The largest absolute Gasteiger partial charge is 0.377 e. The molecule has 17 nitrogen and oxygen atoms in total. The highest BCUT2D eigenvalue weighted by Gasteiger charge is 2.39. The Morgan fingerprint density at radius 2 is 0.938 bits per heavy atom. The lowest BCUT2D eigenvalue weighted by Gasteiger charge is -2.28. The van der Waals surface area contributed by atoms with Crippen LogP contribution in [0, 0.1) is 0 Å². The minimum atomic E-state index is -0.734. The number of fused-ring (bicyclic) bond motifs is 4. The summed E-state index contributed by atoms with van der Waals surface area (Å²) < 4.78 is 31.6. The molecule has 0 bridgehead atoms. The van der Waals surface area contributed by atoms with Crippen molar-refractivity contribution in [2.45, 2.75) is 66.6 Å². The molecule has 8 aromatic rings. The molecule has 2 N–H and O–H groups in total. The summed E-state index contributed by atoms with van der Waals surface area (Å²) in [6.07, 6.45) is 1.23. The fraction of sp³-hybridized carbons (Fsp3) is 0.361. The van der Waals surface area contributed by atoms with Gasteiger partial charge in [-0.05, 0) is 83.6 Å². The maximum atomic E-state index is 14.5. The van der Waals surface area contributed by atoms with Gasteiger partial charge in [0.05, 0.1) is 87.9 Å². The maximum absolute atomic E-state index is 14.5. The summed E-state index contributed by atoms with van der Waals surface area (Å²) in [6.45, 7) is 9.12. The van der Waals surface area contributed by atoms with Gasteiger partial charge in [-0.25, -0.2) is 9.97 Å². The van der Waals surface area contributed by atoms with Crippen LogP contribution in [-0.2, 0) is 51.2 Å². The van der Waals surface area contributed by atoms with Gasteiger partial charge in [0.2, 0.25) is 17.7 Å². The van der Waals surface area contributed by atoms with E-state index < -0.39 is 16.5 Å². The molecule has 9 rings (SSSR count). The molecule has 3 heterocycles. The van der Waals surface area contributed by atoms with Crippen molar-refractivity contribution in [3.8, 4) is 0 Å². The molecule has 0 aliphatic carbocycles. The third-order valence-corrected chi connectivity index (χ3v) is 16.2. The molecule has 3 atom stereocenters. The van der Waals surface area contributed by atoms with Crippen LogP contribution in [0.25, 0.3) is 43.4 Å². The number of hydrogen-bond donors (Lipinski definition) is 2. The van der Waals surface area contributed by atoms with E-state index in [4.69, 9.17) is 33.7 Å². The van der Waals surface area contributed by atoms with Crippen LogP contribution in [-0.4, -0.2) is 133 Å². The van der Waals surface area contributed by atoms with Crippen molar-refractivity contribution < 1.29 is 38.1 Å². The van der Waals surface area contributed by atoms with Crippen LogP contribution < -0.4 is 21.8 Å². The first-order chi connectivity index (χ1) is 39.2. The number of nitrogens with one attached hydrogen (secondary N) is 2. The Morgan fingerprint density at radius 3 is 1.40 bits per heavy atom. The Balaban J connectivity index is 0.625. The smallest absolute Gasteiger partial charge is 0.262 e. The number of rotatable bonds is 29. The van der Waals surface area contributed by atoms with Crippen molar-refractivity contribution in [1.29, 1.82) is 0 Å². The summed E-state index contributed by atoms with van der Waals surface area (Å²) in [5, 5.41) is 10.4. The van der Waals surface area contributed by atoms with Gasteiger partial charge in [-0.2, -0.15) is 0 Å². The first-order valence-corrected chi connectivity index (χ1v) is 29.0. The van der Waals surface area contributed by atoms with Crippen molar-refractivity contribution in [1.82, 2.24) is 34.6 Å². The molecule has 0 radical (unpaired) electrons. The van der Waals surface area contributed by atoms with Gasteiger partial charge in [0.25, 0.3) is 11.1 Å². The van der Waals surface area contributed by atoms with E-state index in [2.05, 4.69) is 10.6 Å². The monoisotopic (exact) mass is 1120 g/mol. The topological polar surface area (TPSA) is 194 Å². The van der Waals surface area contributed by atoms with Gasteiger partial charge in [0.15, 0.2) is 10.3 Å². The van der Waals surface area contributed by atoms with E-state index in [0.29, 0.717) is 131 Å². The van der Waals surface area contributed by atoms with E-state index in [0.717, 1.165) is 32.7 Å². The number of ether oxygens (including phenoxy) is 5. The Labute approximate surface area is 472 Å². The number of likely N-dealkylation sites (tertiary alicyclic amines) is 1. The molecule has 0 unspecified atom stereocenters. The van der Waals surface area contributed by atoms with Gasteiger partial charge in [0.1, 0.15) is 16.5 Å². The van der Waals surface area contributed by atoms with Crippen molar-refractivity contribution in [3.05, 3.63) is 165 Å². The Bertz CT molecular complexity index is 3510. The average molecular weight is 1120 g/mol. The van der Waals surface area contributed by atoms with E-state index >= 15 is 0 Å². The van der Waals surface area contributed by atoms with Crippen LogP contribution in [0.1, 0.15) is 48.3 Å². The molecule has 19 heteroatoms. The SMILES string of the molecule is CCn1c(S[C@@H](C(=O)NCCOCCOCCOCCOCCOCCNC(=O)[C@H]2CCCN2C(=O)[C@H](Sc2nc3cc4ccccc4cc3c(=O)n2CC)c2ccccc2)c2ccccc2)nc2cc3ccccc3cc2c1=O. The molecule has 6 aromatic carbocycles. The van der Waals surface area contributed by atoms with Crippen LogP contribution in [0.15, 0.2) is 153 Å². The molecule has 3 amide bonds. The summed E-state index contributed by atoms with van der Waals surface area (Å²) in [6, 6.07) is 41.6. The highest BCUT2D eigenvalue weighted by atomic mass is 32.2. The number of carbonyl (C=O) groups is 3.